The van der Waals surface area contributed by atoms with Gasteiger partial charge in [0.25, 0.3) is 0 Å². The molecule has 2 rings (SSSR count). The first-order chi connectivity index (χ1) is 9.08. The SMILES string of the molecule is CCN(CC)c1cc(C)c2c(c1)C(C(=O)O)CCN2. The van der Waals surface area contributed by atoms with Crippen molar-refractivity contribution < 1.29 is 9.90 Å². The van der Waals surface area contributed by atoms with Crippen LogP contribution >= 0.6 is 0 Å². The molecule has 4 heteroatoms. The molecular formula is C15H22N2O2. The van der Waals surface area contributed by atoms with Crippen molar-refractivity contribution in [3.63, 3.8) is 0 Å². The third kappa shape index (κ3) is 2.53. The molecule has 0 bridgehead atoms. The minimum atomic E-state index is -0.723. The Morgan fingerprint density at radius 3 is 2.68 bits per heavy atom. The van der Waals surface area contributed by atoms with Crippen molar-refractivity contribution in [2.75, 3.05) is 29.9 Å². The molecular weight excluding hydrogens is 240 g/mol. The molecule has 1 aliphatic rings. The van der Waals surface area contributed by atoms with Crippen LogP contribution in [0.5, 0.6) is 0 Å². The predicted molar refractivity (Wildman–Crippen MR) is 78.2 cm³/mol. The number of rotatable bonds is 4. The number of aliphatic carboxylic acids is 1. The van der Waals surface area contributed by atoms with E-state index in [-0.39, 0.29) is 5.92 Å². The van der Waals surface area contributed by atoms with Crippen LogP contribution in [0.2, 0.25) is 0 Å². The number of nitrogens with one attached hydrogen (secondary N) is 1. The molecule has 1 atom stereocenters. The third-order valence-electron chi connectivity index (χ3n) is 3.89. The molecule has 0 spiro atoms. The van der Waals surface area contributed by atoms with Crippen molar-refractivity contribution in [2.45, 2.75) is 33.1 Å². The smallest absolute Gasteiger partial charge is 0.311 e. The van der Waals surface area contributed by atoms with Gasteiger partial charge in [-0.3, -0.25) is 4.79 Å². The van der Waals surface area contributed by atoms with Gasteiger partial charge >= 0.3 is 5.97 Å². The first kappa shape index (κ1) is 13.7. The molecule has 19 heavy (non-hydrogen) atoms. The van der Waals surface area contributed by atoms with Gasteiger partial charge in [0, 0.05) is 31.0 Å². The minimum absolute atomic E-state index is 0.384. The minimum Gasteiger partial charge on any atom is -0.481 e. The zero-order chi connectivity index (χ0) is 14.0. The normalized spacial score (nSPS) is 17.5. The van der Waals surface area contributed by atoms with Crippen LogP contribution in [0.1, 0.15) is 37.3 Å². The molecule has 1 aromatic rings. The second-order valence-electron chi connectivity index (χ2n) is 5.01. The standard InChI is InChI=1S/C15H22N2O2/c1-4-17(5-2)11-8-10(3)14-13(9-11)12(15(18)19)6-7-16-14/h8-9,12,16H,4-7H2,1-3H3,(H,18,19). The number of carbonyl (C=O) groups is 1. The van der Waals surface area contributed by atoms with Crippen LogP contribution < -0.4 is 10.2 Å². The molecule has 1 aromatic carbocycles. The zero-order valence-electron chi connectivity index (χ0n) is 11.9. The topological polar surface area (TPSA) is 52.6 Å². The fourth-order valence-corrected chi connectivity index (χ4v) is 2.84. The largest absolute Gasteiger partial charge is 0.481 e. The van der Waals surface area contributed by atoms with E-state index in [0.717, 1.165) is 42.1 Å². The highest BCUT2D eigenvalue weighted by Gasteiger charge is 2.27. The summed E-state index contributed by atoms with van der Waals surface area (Å²) in [6.45, 7) is 8.87. The van der Waals surface area contributed by atoms with Crippen LogP contribution in [0.3, 0.4) is 0 Å². The molecule has 1 aliphatic heterocycles. The zero-order valence-corrected chi connectivity index (χ0v) is 11.9. The summed E-state index contributed by atoms with van der Waals surface area (Å²) in [5.41, 5.74) is 4.19. The first-order valence-electron chi connectivity index (χ1n) is 6.94. The van der Waals surface area contributed by atoms with E-state index >= 15 is 0 Å². The Bertz CT molecular complexity index is 481. The van der Waals surface area contributed by atoms with E-state index in [1.54, 1.807) is 0 Å². The van der Waals surface area contributed by atoms with Gasteiger partial charge in [-0.05, 0) is 50.5 Å². The van der Waals surface area contributed by atoms with Gasteiger partial charge in [-0.1, -0.05) is 0 Å². The lowest BCUT2D eigenvalue weighted by Crippen LogP contribution is -2.26. The number of benzene rings is 1. The number of carboxylic acid groups (broad SMARTS) is 1. The summed E-state index contributed by atoms with van der Waals surface area (Å²) in [7, 11) is 0. The molecule has 0 saturated heterocycles. The number of anilines is 2. The van der Waals surface area contributed by atoms with Crippen molar-refractivity contribution in [1.29, 1.82) is 0 Å². The van der Waals surface area contributed by atoms with Gasteiger partial charge in [0.1, 0.15) is 0 Å². The van der Waals surface area contributed by atoms with E-state index in [4.69, 9.17) is 0 Å². The Morgan fingerprint density at radius 1 is 1.42 bits per heavy atom. The summed E-state index contributed by atoms with van der Waals surface area (Å²) >= 11 is 0. The van der Waals surface area contributed by atoms with E-state index < -0.39 is 5.97 Å². The second-order valence-corrected chi connectivity index (χ2v) is 5.01. The molecule has 0 radical (unpaired) electrons. The lowest BCUT2D eigenvalue weighted by atomic mass is 9.88. The summed E-state index contributed by atoms with van der Waals surface area (Å²) in [5, 5.41) is 12.7. The molecule has 2 N–H and O–H groups in total. The first-order valence-corrected chi connectivity index (χ1v) is 6.94. The summed E-state index contributed by atoms with van der Waals surface area (Å²) in [5.74, 6) is -1.11. The number of fused-ring (bicyclic) bond motifs is 1. The molecule has 0 amide bonds. The van der Waals surface area contributed by atoms with E-state index in [1.807, 2.05) is 13.0 Å². The van der Waals surface area contributed by atoms with Gasteiger partial charge in [0.2, 0.25) is 0 Å². The Labute approximate surface area is 114 Å². The summed E-state index contributed by atoms with van der Waals surface area (Å²) in [6, 6.07) is 4.18. The number of carboxylic acids is 1. The average Bonchev–Trinajstić information content (AvgIpc) is 2.39. The Hall–Kier alpha value is -1.71. The molecule has 1 unspecified atom stereocenters. The van der Waals surface area contributed by atoms with Crippen LogP contribution in [0.4, 0.5) is 11.4 Å². The van der Waals surface area contributed by atoms with Crippen molar-refractivity contribution in [2.24, 2.45) is 0 Å². The molecule has 4 nitrogen and oxygen atoms in total. The third-order valence-corrected chi connectivity index (χ3v) is 3.89. The van der Waals surface area contributed by atoms with Gasteiger partial charge in [-0.25, -0.2) is 0 Å². The van der Waals surface area contributed by atoms with Gasteiger partial charge in [-0.2, -0.15) is 0 Å². The fraction of sp³-hybridized carbons (Fsp3) is 0.533. The van der Waals surface area contributed by atoms with Crippen LogP contribution in [-0.2, 0) is 4.79 Å². The van der Waals surface area contributed by atoms with Gasteiger partial charge in [0.05, 0.1) is 5.92 Å². The van der Waals surface area contributed by atoms with Crippen molar-refractivity contribution in [1.82, 2.24) is 0 Å². The highest BCUT2D eigenvalue weighted by Crippen LogP contribution is 2.37. The highest BCUT2D eigenvalue weighted by atomic mass is 16.4. The highest BCUT2D eigenvalue weighted by molar-refractivity contribution is 5.82. The van der Waals surface area contributed by atoms with Crippen LogP contribution in [0.15, 0.2) is 12.1 Å². The van der Waals surface area contributed by atoms with Crippen LogP contribution in [0, 0.1) is 6.92 Å². The molecule has 1 heterocycles. The Kier molecular flexibility index (Phi) is 3.98. The van der Waals surface area contributed by atoms with Gasteiger partial charge in [-0.15, -0.1) is 0 Å². The van der Waals surface area contributed by atoms with Crippen LogP contribution in [-0.4, -0.2) is 30.7 Å². The van der Waals surface area contributed by atoms with E-state index in [9.17, 15) is 9.90 Å². The van der Waals surface area contributed by atoms with Crippen molar-refractivity contribution in [3.8, 4) is 0 Å². The maximum absolute atomic E-state index is 11.4. The fourth-order valence-electron chi connectivity index (χ4n) is 2.84. The molecule has 0 aromatic heterocycles. The quantitative estimate of drug-likeness (QED) is 0.876. The molecule has 104 valence electrons. The number of aryl methyl sites for hydroxylation is 1. The maximum atomic E-state index is 11.4. The van der Waals surface area contributed by atoms with Crippen molar-refractivity contribution >= 4 is 17.3 Å². The number of hydrogen-bond donors (Lipinski definition) is 2. The van der Waals surface area contributed by atoms with Crippen molar-refractivity contribution in [3.05, 3.63) is 23.3 Å². The van der Waals surface area contributed by atoms with E-state index in [2.05, 4.69) is 30.1 Å². The Balaban J connectivity index is 2.50. The average molecular weight is 262 g/mol. The number of nitrogens with zero attached hydrogens (tertiary/aromatic N) is 1. The molecule has 0 saturated carbocycles. The van der Waals surface area contributed by atoms with Crippen LogP contribution in [0.25, 0.3) is 0 Å². The number of hydrogen-bond acceptors (Lipinski definition) is 3. The van der Waals surface area contributed by atoms with Gasteiger partial charge in [0.15, 0.2) is 0 Å². The Morgan fingerprint density at radius 2 is 2.11 bits per heavy atom. The molecule has 0 aliphatic carbocycles. The maximum Gasteiger partial charge on any atom is 0.311 e. The predicted octanol–water partition coefficient (Wildman–Crippen LogP) is 2.83. The van der Waals surface area contributed by atoms with Gasteiger partial charge < -0.3 is 15.3 Å². The van der Waals surface area contributed by atoms with E-state index in [0.29, 0.717) is 6.42 Å². The lowest BCUT2D eigenvalue weighted by Gasteiger charge is -2.29. The monoisotopic (exact) mass is 262 g/mol. The summed E-state index contributed by atoms with van der Waals surface area (Å²) in [4.78, 5) is 13.7. The lowest BCUT2D eigenvalue weighted by molar-refractivity contribution is -0.138. The summed E-state index contributed by atoms with van der Waals surface area (Å²) < 4.78 is 0. The second kappa shape index (κ2) is 5.51. The summed E-state index contributed by atoms with van der Waals surface area (Å²) in [6.07, 6.45) is 0.656. The van der Waals surface area contributed by atoms with E-state index in [1.165, 1.54) is 0 Å². The molecule has 0 fully saturated rings.